The van der Waals surface area contributed by atoms with Crippen molar-refractivity contribution in [1.82, 2.24) is 20.6 Å². The first-order valence-electron chi connectivity index (χ1n) is 10.6. The predicted molar refractivity (Wildman–Crippen MR) is 142 cm³/mol. The number of anilines is 1. The average molecular weight is 521 g/mol. The van der Waals surface area contributed by atoms with Gasteiger partial charge >= 0.3 is 0 Å². The Balaban J connectivity index is 1.44. The highest BCUT2D eigenvalue weighted by molar-refractivity contribution is 7.80. The number of para-hydroxylation sites is 2. The molecule has 3 aromatic carbocycles. The monoisotopic (exact) mass is 520 g/mol. The lowest BCUT2D eigenvalue weighted by atomic mass is 10.0. The van der Waals surface area contributed by atoms with Crippen molar-refractivity contribution >= 4 is 68.9 Å². The molecule has 174 valence electrons. The van der Waals surface area contributed by atoms with Crippen molar-refractivity contribution in [3.8, 4) is 0 Å². The Bertz CT molecular complexity index is 1450. The molecule has 1 aromatic heterocycles. The Kier molecular flexibility index (Phi) is 6.31. The molecule has 0 aliphatic carbocycles. The van der Waals surface area contributed by atoms with Gasteiger partial charge in [-0.15, -0.1) is 0 Å². The zero-order valence-corrected chi connectivity index (χ0v) is 20.7. The van der Waals surface area contributed by atoms with Crippen LogP contribution in [0.15, 0.2) is 59.6 Å². The number of aromatic nitrogens is 2. The van der Waals surface area contributed by atoms with E-state index in [1.54, 1.807) is 37.4 Å². The summed E-state index contributed by atoms with van der Waals surface area (Å²) in [4.78, 5) is 27.4. The van der Waals surface area contributed by atoms with E-state index in [0.29, 0.717) is 44.9 Å². The molecular weight excluding hydrogens is 503 g/mol. The topological polar surface area (TPSA) is 85.4 Å². The number of carbonyl (C=O) groups excluding carboxylic acids is 1. The van der Waals surface area contributed by atoms with Crippen LogP contribution in [0, 0.1) is 12.1 Å². The van der Waals surface area contributed by atoms with Crippen LogP contribution < -0.4 is 15.5 Å². The number of fused-ring (bicyclic) bond motifs is 2. The van der Waals surface area contributed by atoms with Gasteiger partial charge in [0.1, 0.15) is 5.82 Å². The number of H-pyrrole nitrogens is 1. The maximum absolute atomic E-state index is 13.4. The Hall–Kier alpha value is -3.64. The lowest BCUT2D eigenvalue weighted by Crippen LogP contribution is -2.49. The fraction of sp³-hybridized carbons (Fsp3) is 0.120. The lowest BCUT2D eigenvalue weighted by Gasteiger charge is -2.21. The summed E-state index contributed by atoms with van der Waals surface area (Å²) < 4.78 is 0. The maximum Gasteiger partial charge on any atom is 0.272 e. The lowest BCUT2D eigenvalue weighted by molar-refractivity contribution is -0.119. The van der Waals surface area contributed by atoms with Crippen LogP contribution in [0.1, 0.15) is 17.0 Å². The molecule has 0 radical (unpaired) electrons. The molecule has 1 aliphatic rings. The summed E-state index contributed by atoms with van der Waals surface area (Å²) in [5.41, 5.74) is 4.21. The van der Waals surface area contributed by atoms with E-state index in [9.17, 15) is 4.79 Å². The molecule has 1 unspecified atom stereocenters. The van der Waals surface area contributed by atoms with E-state index >= 15 is 0 Å². The number of hydrogen-bond acceptors (Lipinski definition) is 4. The smallest absolute Gasteiger partial charge is 0.272 e. The normalized spacial score (nSPS) is 15.2. The van der Waals surface area contributed by atoms with Crippen LogP contribution in [-0.2, 0) is 11.3 Å². The van der Waals surface area contributed by atoms with Gasteiger partial charge in [-0.05, 0) is 48.6 Å². The van der Waals surface area contributed by atoms with Crippen LogP contribution in [0.5, 0.6) is 0 Å². The van der Waals surface area contributed by atoms with Gasteiger partial charge in [0, 0.05) is 29.3 Å². The summed E-state index contributed by atoms with van der Waals surface area (Å²) in [7, 11) is 1.68. The summed E-state index contributed by atoms with van der Waals surface area (Å²) in [6.45, 7) is 0.346. The molecule has 2 heterocycles. The number of halogens is 2. The summed E-state index contributed by atoms with van der Waals surface area (Å²) >= 11 is 18.2. The Morgan fingerprint density at radius 1 is 1.17 bits per heavy atom. The zero-order valence-electron chi connectivity index (χ0n) is 18.4. The fourth-order valence-electron chi connectivity index (χ4n) is 3.83. The minimum Gasteiger partial charge on any atom is -0.355 e. The largest absolute Gasteiger partial charge is 0.355 e. The third kappa shape index (κ3) is 4.66. The number of carbonyl (C=O) groups is 1. The molecule has 3 N–H and O–H groups in total. The van der Waals surface area contributed by atoms with Crippen molar-refractivity contribution in [2.75, 3.05) is 11.9 Å². The van der Waals surface area contributed by atoms with Crippen molar-refractivity contribution in [3.63, 3.8) is 0 Å². The number of benzodiazepines with no additional fused rings is 1. The second kappa shape index (κ2) is 9.55. The van der Waals surface area contributed by atoms with Gasteiger partial charge in [-0.2, -0.15) is 0 Å². The van der Waals surface area contributed by atoms with Gasteiger partial charge in [-0.25, -0.2) is 9.98 Å². The maximum atomic E-state index is 13.4. The second-order valence-electron chi connectivity index (χ2n) is 7.81. The Morgan fingerprint density at radius 2 is 1.97 bits per heavy atom. The molecule has 0 fully saturated rings. The Labute approximate surface area is 217 Å². The van der Waals surface area contributed by atoms with Crippen molar-refractivity contribution in [2.45, 2.75) is 12.7 Å². The summed E-state index contributed by atoms with van der Waals surface area (Å²) in [6, 6.07) is 22.0. The fourth-order valence-corrected chi connectivity index (χ4v) is 4.39. The number of nitrogens with one attached hydrogen (secondary N) is 3. The van der Waals surface area contributed by atoms with Gasteiger partial charge in [-0.1, -0.05) is 47.5 Å². The average Bonchev–Trinajstić information content (AvgIpc) is 3.24. The van der Waals surface area contributed by atoms with Crippen LogP contribution >= 0.6 is 35.4 Å². The molecular formula is C25H18Cl2N6OS. The standard InChI is InChI=1S/C25H18Cl2N6OS/c1-33-20-11-10-14(26)12-16(20)22(15-6-2-3-7-17(15)27)31-23(24(33)34)32-25(35)28-13-21-29-18-8-4-5-9-19(18)30-21/h4-12,23H,13H2,1H3,(H,29,30)(H2,28,32,35). The first kappa shape index (κ1) is 23.1. The van der Waals surface area contributed by atoms with Gasteiger partial charge in [0.2, 0.25) is 6.17 Å². The SMILES string of the molecule is CN1C(=O)C(NC(=S)NCc2nc3ccccc3[nH]2)N=C(c2cc#ccc2Cl)c2cc(Cl)ccc21. The molecule has 1 atom stereocenters. The Morgan fingerprint density at radius 3 is 2.77 bits per heavy atom. The molecule has 0 bridgehead atoms. The number of nitrogens with zero attached hydrogens (tertiary/aromatic N) is 3. The van der Waals surface area contributed by atoms with Gasteiger partial charge < -0.3 is 20.5 Å². The van der Waals surface area contributed by atoms with E-state index in [4.69, 9.17) is 40.4 Å². The number of likely N-dealkylation sites (N-methyl/N-ethyl adjacent to an activating group) is 1. The molecule has 35 heavy (non-hydrogen) atoms. The molecule has 5 rings (SSSR count). The number of aromatic amines is 1. The molecule has 4 aromatic rings. The number of hydrogen-bond donors (Lipinski definition) is 3. The molecule has 1 aliphatic heterocycles. The highest BCUT2D eigenvalue weighted by Gasteiger charge is 2.31. The summed E-state index contributed by atoms with van der Waals surface area (Å²) in [5, 5.41) is 7.29. The minimum atomic E-state index is -1.00. The van der Waals surface area contributed by atoms with Crippen LogP contribution in [-0.4, -0.2) is 39.9 Å². The van der Waals surface area contributed by atoms with E-state index in [1.807, 2.05) is 24.3 Å². The van der Waals surface area contributed by atoms with E-state index in [0.717, 1.165) is 11.0 Å². The second-order valence-corrected chi connectivity index (χ2v) is 9.06. The van der Waals surface area contributed by atoms with Crippen LogP contribution in [0.2, 0.25) is 10.0 Å². The van der Waals surface area contributed by atoms with Crippen molar-refractivity contribution in [1.29, 1.82) is 0 Å². The number of rotatable bonds is 4. The molecule has 0 saturated carbocycles. The third-order valence-electron chi connectivity index (χ3n) is 5.53. The van der Waals surface area contributed by atoms with E-state index in [2.05, 4.69) is 32.7 Å². The number of thiocarbonyl (C=S) groups is 1. The number of amides is 1. The molecule has 1 amide bonds. The number of benzene rings is 2. The highest BCUT2D eigenvalue weighted by atomic mass is 35.5. The molecule has 10 heteroatoms. The van der Waals surface area contributed by atoms with Crippen molar-refractivity contribution in [3.05, 3.63) is 93.7 Å². The van der Waals surface area contributed by atoms with Crippen molar-refractivity contribution < 1.29 is 4.79 Å². The van der Waals surface area contributed by atoms with Gasteiger partial charge in [0.05, 0.1) is 34.0 Å². The van der Waals surface area contributed by atoms with Crippen molar-refractivity contribution in [2.24, 2.45) is 4.99 Å². The predicted octanol–water partition coefficient (Wildman–Crippen LogP) is 4.27. The van der Waals surface area contributed by atoms with Gasteiger partial charge in [0.25, 0.3) is 5.91 Å². The van der Waals surface area contributed by atoms with E-state index < -0.39 is 6.17 Å². The molecule has 7 nitrogen and oxygen atoms in total. The minimum absolute atomic E-state index is 0.253. The van der Waals surface area contributed by atoms with Crippen LogP contribution in [0.25, 0.3) is 11.0 Å². The van der Waals surface area contributed by atoms with Gasteiger partial charge in [-0.3, -0.25) is 4.79 Å². The van der Waals surface area contributed by atoms with E-state index in [-0.39, 0.29) is 11.0 Å². The highest BCUT2D eigenvalue weighted by Crippen LogP contribution is 2.31. The molecule has 0 spiro atoms. The van der Waals surface area contributed by atoms with E-state index in [1.165, 1.54) is 4.90 Å². The first-order valence-corrected chi connectivity index (χ1v) is 11.8. The number of aliphatic imine (C=N–C) groups is 1. The molecule has 0 saturated heterocycles. The third-order valence-corrected chi connectivity index (χ3v) is 6.34. The first-order chi connectivity index (χ1) is 16.9. The quantitative estimate of drug-likeness (QED) is 0.350. The van der Waals surface area contributed by atoms with Crippen LogP contribution in [0.4, 0.5) is 5.69 Å². The number of imidazole rings is 1. The zero-order chi connectivity index (χ0) is 24.5. The van der Waals surface area contributed by atoms with Gasteiger partial charge in [0.15, 0.2) is 5.11 Å². The summed E-state index contributed by atoms with van der Waals surface area (Å²) in [6.07, 6.45) is -1.00. The van der Waals surface area contributed by atoms with Crippen LogP contribution in [0.3, 0.4) is 0 Å². The summed E-state index contributed by atoms with van der Waals surface area (Å²) in [5.74, 6) is 0.424.